The van der Waals surface area contributed by atoms with Gasteiger partial charge in [-0.1, -0.05) is 30.3 Å². The number of hydrogen-bond donors (Lipinski definition) is 0. The molecule has 1 amide bonds. The van der Waals surface area contributed by atoms with E-state index in [-0.39, 0.29) is 11.9 Å². The molecule has 0 spiro atoms. The molecule has 5 rings (SSSR count). The summed E-state index contributed by atoms with van der Waals surface area (Å²) < 4.78 is 1.84. The van der Waals surface area contributed by atoms with Gasteiger partial charge in [-0.05, 0) is 44.7 Å². The van der Waals surface area contributed by atoms with Gasteiger partial charge < -0.3 is 0 Å². The Labute approximate surface area is 189 Å². The van der Waals surface area contributed by atoms with Crippen molar-refractivity contribution in [2.75, 3.05) is 18.0 Å². The average molecular weight is 431 g/mol. The highest BCUT2D eigenvalue weighted by molar-refractivity contribution is 5.95. The molecule has 0 N–H and O–H groups in total. The molecule has 1 saturated heterocycles. The highest BCUT2D eigenvalue weighted by Crippen LogP contribution is 2.35. The number of amides is 1. The number of benzene rings is 1. The quantitative estimate of drug-likeness (QED) is 0.600. The van der Waals surface area contributed by atoms with Crippen molar-refractivity contribution in [2.24, 2.45) is 7.05 Å². The van der Waals surface area contributed by atoms with E-state index in [0.717, 1.165) is 61.7 Å². The van der Waals surface area contributed by atoms with Crippen molar-refractivity contribution in [3.63, 3.8) is 0 Å². The second-order valence-electron chi connectivity index (χ2n) is 8.90. The molecule has 0 saturated carbocycles. The van der Waals surface area contributed by atoms with Crippen molar-refractivity contribution in [2.45, 2.75) is 51.6 Å². The second-order valence-corrected chi connectivity index (χ2v) is 8.90. The number of hydrogen-bond acceptors (Lipinski definition) is 5. The Morgan fingerprint density at radius 2 is 1.94 bits per heavy atom. The first kappa shape index (κ1) is 20.8. The number of aromatic nitrogens is 4. The summed E-state index contributed by atoms with van der Waals surface area (Å²) in [5, 5.41) is 4.31. The Kier molecular flexibility index (Phi) is 5.74. The second kappa shape index (κ2) is 8.82. The first-order valence-corrected chi connectivity index (χ1v) is 11.5. The monoisotopic (exact) mass is 430 g/mol. The highest BCUT2D eigenvalue weighted by Gasteiger charge is 2.33. The molecule has 7 nitrogen and oxygen atoms in total. The summed E-state index contributed by atoms with van der Waals surface area (Å²) in [6, 6.07) is 10.5. The van der Waals surface area contributed by atoms with E-state index in [1.54, 1.807) is 0 Å². The van der Waals surface area contributed by atoms with Crippen LogP contribution >= 0.6 is 0 Å². The number of fused-ring (bicyclic) bond motifs is 1. The minimum atomic E-state index is 0.163. The molecule has 2 aliphatic rings. The Balaban J connectivity index is 1.42. The molecule has 1 atom stereocenters. The number of likely N-dealkylation sites (tertiary alicyclic amines) is 1. The van der Waals surface area contributed by atoms with Crippen LogP contribution in [0.3, 0.4) is 0 Å². The van der Waals surface area contributed by atoms with Crippen LogP contribution in [0, 0.1) is 6.92 Å². The fraction of sp³-hybridized carbons (Fsp3) is 0.440. The molecular weight excluding hydrogens is 400 g/mol. The van der Waals surface area contributed by atoms with Crippen LogP contribution in [-0.4, -0.2) is 43.6 Å². The molecule has 0 bridgehead atoms. The van der Waals surface area contributed by atoms with E-state index in [1.165, 1.54) is 11.1 Å². The zero-order valence-electron chi connectivity index (χ0n) is 18.9. The van der Waals surface area contributed by atoms with E-state index >= 15 is 0 Å². The lowest BCUT2D eigenvalue weighted by molar-refractivity contribution is -0.118. The zero-order chi connectivity index (χ0) is 22.1. The van der Waals surface area contributed by atoms with Gasteiger partial charge >= 0.3 is 0 Å². The predicted molar refractivity (Wildman–Crippen MR) is 123 cm³/mol. The fourth-order valence-electron chi connectivity index (χ4n) is 4.96. The molecule has 1 aromatic carbocycles. The van der Waals surface area contributed by atoms with Gasteiger partial charge in [-0.2, -0.15) is 5.10 Å². The van der Waals surface area contributed by atoms with Crippen LogP contribution in [0.15, 0.2) is 42.7 Å². The van der Waals surface area contributed by atoms with Gasteiger partial charge in [-0.25, -0.2) is 9.97 Å². The molecule has 4 heterocycles. The van der Waals surface area contributed by atoms with Crippen molar-refractivity contribution in [1.82, 2.24) is 24.6 Å². The van der Waals surface area contributed by atoms with Gasteiger partial charge in [0.15, 0.2) is 0 Å². The van der Waals surface area contributed by atoms with Crippen molar-refractivity contribution < 1.29 is 4.79 Å². The molecule has 1 fully saturated rings. The van der Waals surface area contributed by atoms with E-state index in [2.05, 4.69) is 35.3 Å². The number of aryl methyl sites for hydroxylation is 2. The first-order chi connectivity index (χ1) is 15.6. The molecular formula is C25H30N6O. The normalized spacial score (nSPS) is 18.9. The van der Waals surface area contributed by atoms with E-state index in [9.17, 15) is 4.79 Å². The average Bonchev–Trinajstić information content (AvgIpc) is 3.42. The summed E-state index contributed by atoms with van der Waals surface area (Å²) in [6.45, 7) is 4.58. The van der Waals surface area contributed by atoms with E-state index < -0.39 is 0 Å². The van der Waals surface area contributed by atoms with Crippen molar-refractivity contribution in [3.05, 3.63) is 70.9 Å². The summed E-state index contributed by atoms with van der Waals surface area (Å²) in [5.41, 5.74) is 4.57. The molecule has 0 aliphatic carbocycles. The van der Waals surface area contributed by atoms with Crippen LogP contribution in [0.1, 0.15) is 53.5 Å². The lowest BCUT2D eigenvalue weighted by Crippen LogP contribution is -2.38. The largest absolute Gasteiger partial charge is 0.296 e. The van der Waals surface area contributed by atoms with Gasteiger partial charge in [0.25, 0.3) is 0 Å². The number of carbonyl (C=O) groups excluding carboxylic acids is 1. The maximum absolute atomic E-state index is 12.9. The number of rotatable bonds is 6. The van der Waals surface area contributed by atoms with Gasteiger partial charge in [-0.3, -0.25) is 19.3 Å². The summed E-state index contributed by atoms with van der Waals surface area (Å²) in [6.07, 6.45) is 8.24. The molecule has 7 heteroatoms. The summed E-state index contributed by atoms with van der Waals surface area (Å²) >= 11 is 0. The molecule has 0 unspecified atom stereocenters. The van der Waals surface area contributed by atoms with Crippen LogP contribution in [0.5, 0.6) is 0 Å². The smallest absolute Gasteiger partial charge is 0.228 e. The van der Waals surface area contributed by atoms with Gasteiger partial charge in [0.2, 0.25) is 5.91 Å². The SMILES string of the molecule is Cc1nc([C@@H]2CCCN2Cc2cnn(C)c2)nc2c1CCC(=O)N2CCc1ccccc1. The number of nitrogens with zero attached hydrogens (tertiary/aromatic N) is 6. The van der Waals surface area contributed by atoms with Crippen LogP contribution < -0.4 is 4.90 Å². The zero-order valence-corrected chi connectivity index (χ0v) is 18.9. The maximum Gasteiger partial charge on any atom is 0.228 e. The molecule has 2 aliphatic heterocycles. The van der Waals surface area contributed by atoms with Gasteiger partial charge in [0, 0.05) is 49.6 Å². The van der Waals surface area contributed by atoms with Crippen LogP contribution in [-0.2, 0) is 31.2 Å². The first-order valence-electron chi connectivity index (χ1n) is 11.5. The van der Waals surface area contributed by atoms with Crippen LogP contribution in [0.25, 0.3) is 0 Å². The number of carbonyl (C=O) groups is 1. The third kappa shape index (κ3) is 4.17. The summed E-state index contributed by atoms with van der Waals surface area (Å²) in [7, 11) is 1.95. The van der Waals surface area contributed by atoms with Gasteiger partial charge in [-0.15, -0.1) is 0 Å². The van der Waals surface area contributed by atoms with Gasteiger partial charge in [0.05, 0.1) is 12.2 Å². The predicted octanol–water partition coefficient (Wildman–Crippen LogP) is 3.38. The van der Waals surface area contributed by atoms with E-state index in [1.807, 2.05) is 41.0 Å². The molecule has 166 valence electrons. The Morgan fingerprint density at radius 3 is 2.72 bits per heavy atom. The Morgan fingerprint density at radius 1 is 1.09 bits per heavy atom. The number of anilines is 1. The molecule has 2 aromatic heterocycles. The van der Waals surface area contributed by atoms with E-state index in [4.69, 9.17) is 9.97 Å². The third-order valence-electron chi connectivity index (χ3n) is 6.63. The van der Waals surface area contributed by atoms with Crippen molar-refractivity contribution in [1.29, 1.82) is 0 Å². The Bertz CT molecular complexity index is 1110. The minimum absolute atomic E-state index is 0.163. The van der Waals surface area contributed by atoms with Crippen molar-refractivity contribution >= 4 is 11.7 Å². The van der Waals surface area contributed by atoms with Crippen molar-refractivity contribution in [3.8, 4) is 0 Å². The standard InChI is InChI=1S/C25H30N6O/c1-18-21-10-11-23(32)31(14-12-19-7-4-3-5-8-19)25(21)28-24(27-18)22-9-6-13-30(22)17-20-15-26-29(2)16-20/h3-5,7-8,15-16,22H,6,9-14,17H2,1-2H3/t22-/m0/s1. The Hall–Kier alpha value is -3.06. The topological polar surface area (TPSA) is 67.2 Å². The minimum Gasteiger partial charge on any atom is -0.296 e. The summed E-state index contributed by atoms with van der Waals surface area (Å²) in [5.74, 6) is 1.84. The van der Waals surface area contributed by atoms with E-state index in [0.29, 0.717) is 13.0 Å². The molecule has 0 radical (unpaired) electrons. The lowest BCUT2D eigenvalue weighted by atomic mass is 10.0. The lowest BCUT2D eigenvalue weighted by Gasteiger charge is -2.31. The fourth-order valence-corrected chi connectivity index (χ4v) is 4.96. The third-order valence-corrected chi connectivity index (χ3v) is 6.63. The van der Waals surface area contributed by atoms with Crippen LogP contribution in [0.4, 0.5) is 5.82 Å². The highest BCUT2D eigenvalue weighted by atomic mass is 16.2. The van der Waals surface area contributed by atoms with Gasteiger partial charge in [0.1, 0.15) is 11.6 Å². The summed E-state index contributed by atoms with van der Waals surface area (Å²) in [4.78, 5) is 27.2. The van der Waals surface area contributed by atoms with Crippen LogP contribution in [0.2, 0.25) is 0 Å². The maximum atomic E-state index is 12.9. The molecule has 3 aromatic rings. The molecule has 32 heavy (non-hydrogen) atoms.